The van der Waals surface area contributed by atoms with E-state index in [2.05, 4.69) is 29.3 Å². The van der Waals surface area contributed by atoms with Crippen LogP contribution in [0.15, 0.2) is 17.5 Å². The van der Waals surface area contributed by atoms with Crippen LogP contribution in [0.1, 0.15) is 37.1 Å². The van der Waals surface area contributed by atoms with Gasteiger partial charge in [0, 0.05) is 10.9 Å². The SMILES string of the molecule is CCN1CCCC[C@H](CN)[C@H]1c1cccs1. The van der Waals surface area contributed by atoms with Crippen LogP contribution in [-0.4, -0.2) is 24.5 Å². The first-order valence-corrected chi connectivity index (χ1v) is 7.22. The Labute approximate surface area is 102 Å². The normalized spacial score (nSPS) is 27.9. The summed E-state index contributed by atoms with van der Waals surface area (Å²) >= 11 is 1.88. The number of hydrogen-bond acceptors (Lipinski definition) is 3. The average molecular weight is 238 g/mol. The molecule has 0 aromatic carbocycles. The first-order valence-electron chi connectivity index (χ1n) is 6.34. The maximum atomic E-state index is 5.96. The van der Waals surface area contributed by atoms with Crippen molar-refractivity contribution in [2.75, 3.05) is 19.6 Å². The van der Waals surface area contributed by atoms with Gasteiger partial charge >= 0.3 is 0 Å². The lowest BCUT2D eigenvalue weighted by atomic mass is 9.93. The van der Waals surface area contributed by atoms with Crippen LogP contribution in [0, 0.1) is 5.92 Å². The summed E-state index contributed by atoms with van der Waals surface area (Å²) in [5.41, 5.74) is 5.96. The first-order chi connectivity index (χ1) is 7.86. The minimum atomic E-state index is 0.567. The van der Waals surface area contributed by atoms with Gasteiger partial charge < -0.3 is 5.73 Å². The number of hydrogen-bond donors (Lipinski definition) is 1. The minimum Gasteiger partial charge on any atom is -0.330 e. The molecule has 2 nitrogen and oxygen atoms in total. The van der Waals surface area contributed by atoms with Gasteiger partial charge in [-0.25, -0.2) is 0 Å². The Kier molecular flexibility index (Phi) is 4.38. The molecule has 0 saturated carbocycles. The summed E-state index contributed by atoms with van der Waals surface area (Å²) in [4.78, 5) is 4.11. The molecule has 0 bridgehead atoms. The molecular weight excluding hydrogens is 216 g/mol. The predicted octanol–water partition coefficient (Wildman–Crippen LogP) is 2.87. The van der Waals surface area contributed by atoms with Gasteiger partial charge in [0.1, 0.15) is 0 Å². The summed E-state index contributed by atoms with van der Waals surface area (Å²) in [5.74, 6) is 0.640. The molecule has 2 rings (SSSR count). The van der Waals surface area contributed by atoms with Crippen LogP contribution in [0.3, 0.4) is 0 Å². The molecule has 0 spiro atoms. The smallest absolute Gasteiger partial charge is 0.0481 e. The Bertz CT molecular complexity index is 283. The minimum absolute atomic E-state index is 0.567. The van der Waals surface area contributed by atoms with Crippen LogP contribution in [-0.2, 0) is 0 Å². The molecule has 2 heterocycles. The van der Waals surface area contributed by atoms with Crippen molar-refractivity contribution in [1.29, 1.82) is 0 Å². The topological polar surface area (TPSA) is 29.3 Å². The van der Waals surface area contributed by atoms with Gasteiger partial charge in [0.2, 0.25) is 0 Å². The van der Waals surface area contributed by atoms with Gasteiger partial charge in [-0.3, -0.25) is 4.90 Å². The maximum absolute atomic E-state index is 5.96. The molecule has 1 aromatic rings. The maximum Gasteiger partial charge on any atom is 0.0481 e. The lowest BCUT2D eigenvalue weighted by Gasteiger charge is -2.33. The van der Waals surface area contributed by atoms with Crippen molar-refractivity contribution >= 4 is 11.3 Å². The highest BCUT2D eigenvalue weighted by molar-refractivity contribution is 7.10. The van der Waals surface area contributed by atoms with Crippen molar-refractivity contribution in [3.63, 3.8) is 0 Å². The second-order valence-corrected chi connectivity index (χ2v) is 5.56. The zero-order valence-corrected chi connectivity index (χ0v) is 10.9. The Morgan fingerprint density at radius 3 is 3.00 bits per heavy atom. The van der Waals surface area contributed by atoms with Crippen molar-refractivity contribution in [2.24, 2.45) is 11.7 Å². The third kappa shape index (κ3) is 2.47. The fraction of sp³-hybridized carbons (Fsp3) is 0.692. The van der Waals surface area contributed by atoms with Gasteiger partial charge in [0.05, 0.1) is 0 Å². The standard InChI is InChI=1S/C13H22N2S/c1-2-15-8-4-3-6-11(10-14)13(15)12-7-5-9-16-12/h5,7,9,11,13H,2-4,6,8,10,14H2,1H3/t11-,13+/m1/s1. The van der Waals surface area contributed by atoms with Gasteiger partial charge in [-0.05, 0) is 49.8 Å². The fourth-order valence-electron chi connectivity index (χ4n) is 2.79. The largest absolute Gasteiger partial charge is 0.330 e. The third-order valence-corrected chi connectivity index (χ3v) is 4.60. The van der Waals surface area contributed by atoms with E-state index in [-0.39, 0.29) is 0 Å². The number of thiophene rings is 1. The number of rotatable bonds is 3. The summed E-state index contributed by atoms with van der Waals surface area (Å²) in [7, 11) is 0. The second-order valence-electron chi connectivity index (χ2n) is 4.58. The molecule has 2 atom stereocenters. The summed E-state index contributed by atoms with van der Waals surface area (Å²) < 4.78 is 0. The monoisotopic (exact) mass is 238 g/mol. The van der Waals surface area contributed by atoms with E-state index < -0.39 is 0 Å². The second kappa shape index (κ2) is 5.80. The number of nitrogens with two attached hydrogens (primary N) is 1. The van der Waals surface area contributed by atoms with Crippen molar-refractivity contribution in [1.82, 2.24) is 4.90 Å². The van der Waals surface area contributed by atoms with Crippen molar-refractivity contribution < 1.29 is 0 Å². The molecule has 1 fully saturated rings. The Morgan fingerprint density at radius 2 is 2.38 bits per heavy atom. The molecule has 16 heavy (non-hydrogen) atoms. The molecule has 1 aliphatic heterocycles. The summed E-state index contributed by atoms with van der Waals surface area (Å²) in [6, 6.07) is 5.00. The summed E-state index contributed by atoms with van der Waals surface area (Å²) in [5, 5.41) is 2.18. The van der Waals surface area contributed by atoms with Crippen molar-refractivity contribution in [2.45, 2.75) is 32.2 Å². The van der Waals surface area contributed by atoms with Gasteiger partial charge in [-0.1, -0.05) is 19.4 Å². The lowest BCUT2D eigenvalue weighted by molar-refractivity contribution is 0.170. The molecule has 3 heteroatoms. The van der Waals surface area contributed by atoms with E-state index in [0.29, 0.717) is 12.0 Å². The molecule has 1 saturated heterocycles. The molecular formula is C13H22N2S. The average Bonchev–Trinajstić information content (AvgIpc) is 2.75. The quantitative estimate of drug-likeness (QED) is 0.877. The molecule has 0 amide bonds. The van der Waals surface area contributed by atoms with Crippen LogP contribution < -0.4 is 5.73 Å². The zero-order valence-electron chi connectivity index (χ0n) is 10.1. The number of nitrogens with zero attached hydrogens (tertiary/aromatic N) is 1. The van der Waals surface area contributed by atoms with Gasteiger partial charge in [0.15, 0.2) is 0 Å². The van der Waals surface area contributed by atoms with Crippen LogP contribution in [0.2, 0.25) is 0 Å². The van der Waals surface area contributed by atoms with Crippen LogP contribution in [0.4, 0.5) is 0 Å². The highest BCUT2D eigenvalue weighted by atomic mass is 32.1. The highest BCUT2D eigenvalue weighted by Gasteiger charge is 2.29. The van der Waals surface area contributed by atoms with E-state index in [1.54, 1.807) is 0 Å². The first kappa shape index (κ1) is 12.1. The zero-order chi connectivity index (χ0) is 11.4. The molecule has 1 aromatic heterocycles. The van der Waals surface area contributed by atoms with E-state index in [9.17, 15) is 0 Å². The third-order valence-electron chi connectivity index (χ3n) is 3.65. The Balaban J connectivity index is 2.24. The molecule has 90 valence electrons. The van der Waals surface area contributed by atoms with Crippen LogP contribution >= 0.6 is 11.3 Å². The lowest BCUT2D eigenvalue weighted by Crippen LogP contribution is -2.35. The van der Waals surface area contributed by atoms with E-state index in [1.165, 1.54) is 30.7 Å². The number of likely N-dealkylation sites (tertiary alicyclic amines) is 1. The summed E-state index contributed by atoms with van der Waals surface area (Å²) in [6.07, 6.45) is 3.95. The summed E-state index contributed by atoms with van der Waals surface area (Å²) in [6.45, 7) is 5.45. The predicted molar refractivity (Wildman–Crippen MR) is 70.7 cm³/mol. The van der Waals surface area contributed by atoms with E-state index in [0.717, 1.165) is 13.1 Å². The molecule has 0 radical (unpaired) electrons. The van der Waals surface area contributed by atoms with Gasteiger partial charge in [0.25, 0.3) is 0 Å². The van der Waals surface area contributed by atoms with E-state index >= 15 is 0 Å². The molecule has 1 aliphatic rings. The fourth-order valence-corrected chi connectivity index (χ4v) is 3.74. The van der Waals surface area contributed by atoms with Crippen molar-refractivity contribution in [3.05, 3.63) is 22.4 Å². The Morgan fingerprint density at radius 1 is 1.50 bits per heavy atom. The highest BCUT2D eigenvalue weighted by Crippen LogP contribution is 2.36. The molecule has 0 unspecified atom stereocenters. The van der Waals surface area contributed by atoms with E-state index in [4.69, 9.17) is 5.73 Å². The molecule has 2 N–H and O–H groups in total. The van der Waals surface area contributed by atoms with Crippen LogP contribution in [0.25, 0.3) is 0 Å². The van der Waals surface area contributed by atoms with Crippen molar-refractivity contribution in [3.8, 4) is 0 Å². The van der Waals surface area contributed by atoms with Gasteiger partial charge in [-0.15, -0.1) is 11.3 Å². The Hall–Kier alpha value is -0.380. The van der Waals surface area contributed by atoms with E-state index in [1.807, 2.05) is 11.3 Å². The van der Waals surface area contributed by atoms with Crippen LogP contribution in [0.5, 0.6) is 0 Å². The molecule has 0 aliphatic carbocycles. The van der Waals surface area contributed by atoms with Gasteiger partial charge in [-0.2, -0.15) is 0 Å².